The topological polar surface area (TPSA) is 50.1 Å². The van der Waals surface area contributed by atoms with E-state index < -0.39 is 0 Å². The third-order valence-electron chi connectivity index (χ3n) is 3.85. The summed E-state index contributed by atoms with van der Waals surface area (Å²) in [6, 6.07) is 5.78. The lowest BCUT2D eigenvalue weighted by atomic mass is 9.89. The summed E-state index contributed by atoms with van der Waals surface area (Å²) in [6.07, 6.45) is 2.05. The number of aliphatic hydroxyl groups is 1. The fraction of sp³-hybridized carbons (Fsp3) is 0.562. The van der Waals surface area contributed by atoms with Crippen molar-refractivity contribution in [3.05, 3.63) is 29.0 Å². The second-order valence-corrected chi connectivity index (χ2v) is 6.76. The lowest BCUT2D eigenvalue weighted by Gasteiger charge is -2.21. The van der Waals surface area contributed by atoms with E-state index in [1.54, 1.807) is 0 Å². The minimum Gasteiger partial charge on any atom is -0.396 e. The van der Waals surface area contributed by atoms with Crippen molar-refractivity contribution in [2.75, 3.05) is 13.2 Å². The lowest BCUT2D eigenvalue weighted by Crippen LogP contribution is -2.21. The van der Waals surface area contributed by atoms with Crippen molar-refractivity contribution in [1.82, 2.24) is 14.9 Å². The van der Waals surface area contributed by atoms with Crippen LogP contribution in [-0.2, 0) is 13.6 Å². The van der Waals surface area contributed by atoms with E-state index in [0.717, 1.165) is 42.8 Å². The number of imidazole rings is 1. The molecule has 1 aromatic carbocycles. The van der Waals surface area contributed by atoms with E-state index in [9.17, 15) is 5.11 Å². The molecule has 0 unspecified atom stereocenters. The van der Waals surface area contributed by atoms with Crippen LogP contribution in [0.3, 0.4) is 0 Å². The number of nitrogens with zero attached hydrogens (tertiary/aromatic N) is 2. The number of aliphatic hydroxyl groups excluding tert-OH is 1. The minimum absolute atomic E-state index is 0.0103. The number of rotatable bonds is 7. The molecule has 0 saturated carbocycles. The van der Waals surface area contributed by atoms with Gasteiger partial charge in [0.1, 0.15) is 5.82 Å². The smallest absolute Gasteiger partial charge is 0.123 e. The van der Waals surface area contributed by atoms with Gasteiger partial charge < -0.3 is 15.0 Å². The van der Waals surface area contributed by atoms with Gasteiger partial charge in [-0.3, -0.25) is 0 Å². The van der Waals surface area contributed by atoms with Crippen molar-refractivity contribution in [2.45, 2.75) is 33.2 Å². The highest BCUT2D eigenvalue weighted by molar-refractivity contribution is 6.31. The molecule has 2 aromatic rings. The van der Waals surface area contributed by atoms with Crippen LogP contribution in [0.5, 0.6) is 0 Å². The van der Waals surface area contributed by atoms with E-state index >= 15 is 0 Å². The Bertz CT molecular complexity index is 607. The van der Waals surface area contributed by atoms with Crippen LogP contribution in [0.25, 0.3) is 11.0 Å². The molecule has 0 aliphatic carbocycles. The molecule has 0 aliphatic heterocycles. The van der Waals surface area contributed by atoms with Crippen LogP contribution in [0.4, 0.5) is 0 Å². The Morgan fingerprint density at radius 2 is 2.14 bits per heavy atom. The molecule has 4 nitrogen and oxygen atoms in total. The molecule has 0 fully saturated rings. The number of hydrogen-bond acceptors (Lipinski definition) is 3. The average Bonchev–Trinajstić information content (AvgIpc) is 2.74. The predicted molar refractivity (Wildman–Crippen MR) is 87.5 cm³/mol. The molecule has 0 saturated heterocycles. The largest absolute Gasteiger partial charge is 0.396 e. The van der Waals surface area contributed by atoms with Gasteiger partial charge in [0.25, 0.3) is 0 Å². The summed E-state index contributed by atoms with van der Waals surface area (Å²) in [7, 11) is 2.02. The Labute approximate surface area is 131 Å². The van der Waals surface area contributed by atoms with Gasteiger partial charge in [-0.05, 0) is 43.0 Å². The Kier molecular flexibility index (Phi) is 5.25. The second kappa shape index (κ2) is 6.77. The Balaban J connectivity index is 1.88. The van der Waals surface area contributed by atoms with Crippen LogP contribution >= 0.6 is 11.6 Å². The minimum atomic E-state index is 0.0103. The van der Waals surface area contributed by atoms with Crippen LogP contribution in [0.15, 0.2) is 18.2 Å². The van der Waals surface area contributed by atoms with Crippen molar-refractivity contribution < 1.29 is 5.11 Å². The maximum absolute atomic E-state index is 9.22. The van der Waals surface area contributed by atoms with Gasteiger partial charge in [0, 0.05) is 18.7 Å². The van der Waals surface area contributed by atoms with Crippen LogP contribution in [0, 0.1) is 5.41 Å². The van der Waals surface area contributed by atoms with Crippen molar-refractivity contribution in [3.63, 3.8) is 0 Å². The zero-order valence-electron chi connectivity index (χ0n) is 13.0. The Hall–Kier alpha value is -1.10. The number of halogens is 1. The normalized spacial score (nSPS) is 12.2. The van der Waals surface area contributed by atoms with E-state index in [-0.39, 0.29) is 12.0 Å². The summed E-state index contributed by atoms with van der Waals surface area (Å²) in [5.74, 6) is 1.01. The maximum atomic E-state index is 9.22. The third kappa shape index (κ3) is 4.19. The fourth-order valence-corrected chi connectivity index (χ4v) is 2.52. The molecule has 0 radical (unpaired) electrons. The first kappa shape index (κ1) is 16.3. The van der Waals surface area contributed by atoms with Gasteiger partial charge >= 0.3 is 0 Å². The molecular formula is C16H24ClN3O. The number of hydrogen-bond donors (Lipinski definition) is 2. The Morgan fingerprint density at radius 1 is 1.38 bits per heavy atom. The highest BCUT2D eigenvalue weighted by Gasteiger charge is 2.15. The molecule has 0 spiro atoms. The summed E-state index contributed by atoms with van der Waals surface area (Å²) in [5, 5.41) is 13.4. The van der Waals surface area contributed by atoms with Crippen LogP contribution in [0.2, 0.25) is 5.02 Å². The lowest BCUT2D eigenvalue weighted by molar-refractivity contribution is 0.148. The molecular weight excluding hydrogens is 286 g/mol. The average molecular weight is 310 g/mol. The summed E-state index contributed by atoms with van der Waals surface area (Å²) in [5.41, 5.74) is 2.04. The highest BCUT2D eigenvalue weighted by Crippen LogP contribution is 2.21. The summed E-state index contributed by atoms with van der Waals surface area (Å²) < 4.78 is 2.09. The van der Waals surface area contributed by atoms with E-state index in [2.05, 4.69) is 28.7 Å². The van der Waals surface area contributed by atoms with E-state index in [0.29, 0.717) is 5.02 Å². The molecule has 2 N–H and O–H groups in total. The number of fused-ring (bicyclic) bond motifs is 1. The molecule has 0 bridgehead atoms. The summed E-state index contributed by atoms with van der Waals surface area (Å²) in [6.45, 7) is 6.07. The van der Waals surface area contributed by atoms with Crippen molar-refractivity contribution in [2.24, 2.45) is 12.5 Å². The number of aryl methyl sites for hydroxylation is 1. The quantitative estimate of drug-likeness (QED) is 0.773. The maximum Gasteiger partial charge on any atom is 0.123 e. The standard InChI is InChI=1S/C16H24ClN3O/c1-16(2,11-21)7-4-8-18-10-15-19-13-9-12(17)5-6-14(13)20(15)3/h5-6,9,18,21H,4,7-8,10-11H2,1-3H3. The van der Waals surface area contributed by atoms with Gasteiger partial charge in [-0.25, -0.2) is 4.98 Å². The first-order valence-electron chi connectivity index (χ1n) is 7.35. The fourth-order valence-electron chi connectivity index (χ4n) is 2.35. The van der Waals surface area contributed by atoms with Gasteiger partial charge in [-0.15, -0.1) is 0 Å². The molecule has 2 rings (SSSR count). The van der Waals surface area contributed by atoms with E-state index in [4.69, 9.17) is 11.6 Å². The number of nitrogens with one attached hydrogen (secondary N) is 1. The van der Waals surface area contributed by atoms with Crippen molar-refractivity contribution >= 4 is 22.6 Å². The zero-order valence-corrected chi connectivity index (χ0v) is 13.7. The molecule has 0 amide bonds. The van der Waals surface area contributed by atoms with Crippen LogP contribution in [0.1, 0.15) is 32.5 Å². The van der Waals surface area contributed by atoms with Crippen LogP contribution < -0.4 is 5.32 Å². The molecule has 5 heteroatoms. The molecule has 0 atom stereocenters. The summed E-state index contributed by atoms with van der Waals surface area (Å²) >= 11 is 6.00. The van der Waals surface area contributed by atoms with Gasteiger partial charge in [0.05, 0.1) is 17.6 Å². The molecule has 1 heterocycles. The first-order chi connectivity index (χ1) is 9.93. The monoisotopic (exact) mass is 309 g/mol. The first-order valence-corrected chi connectivity index (χ1v) is 7.73. The number of benzene rings is 1. The summed E-state index contributed by atoms with van der Waals surface area (Å²) in [4.78, 5) is 4.61. The van der Waals surface area contributed by atoms with Gasteiger partial charge in [-0.1, -0.05) is 25.4 Å². The zero-order chi connectivity index (χ0) is 15.5. The Morgan fingerprint density at radius 3 is 2.86 bits per heavy atom. The van der Waals surface area contributed by atoms with Gasteiger partial charge in [-0.2, -0.15) is 0 Å². The molecule has 0 aliphatic rings. The van der Waals surface area contributed by atoms with E-state index in [1.165, 1.54) is 0 Å². The second-order valence-electron chi connectivity index (χ2n) is 6.32. The van der Waals surface area contributed by atoms with Gasteiger partial charge in [0.2, 0.25) is 0 Å². The molecule has 1 aromatic heterocycles. The van der Waals surface area contributed by atoms with Crippen LogP contribution in [-0.4, -0.2) is 27.8 Å². The predicted octanol–water partition coefficient (Wildman–Crippen LogP) is 3.12. The third-order valence-corrected chi connectivity index (χ3v) is 4.09. The van der Waals surface area contributed by atoms with Crippen molar-refractivity contribution in [3.8, 4) is 0 Å². The highest BCUT2D eigenvalue weighted by atomic mass is 35.5. The van der Waals surface area contributed by atoms with Crippen molar-refractivity contribution in [1.29, 1.82) is 0 Å². The number of aromatic nitrogens is 2. The van der Waals surface area contributed by atoms with E-state index in [1.807, 2.05) is 25.2 Å². The van der Waals surface area contributed by atoms with Gasteiger partial charge in [0.15, 0.2) is 0 Å². The SMILES string of the molecule is Cn1c(CNCCCC(C)(C)CO)nc2cc(Cl)ccc21. The molecule has 116 valence electrons. The molecule has 21 heavy (non-hydrogen) atoms.